The molecule has 3 aromatic heterocycles. The molecule has 0 saturated carbocycles. The first-order valence-corrected chi connectivity index (χ1v) is 9.25. The molecule has 0 bridgehead atoms. The van der Waals surface area contributed by atoms with Crippen molar-refractivity contribution in [2.45, 2.75) is 39.8 Å². The molecule has 3 aromatic rings. The van der Waals surface area contributed by atoms with Crippen molar-refractivity contribution in [2.24, 2.45) is 0 Å². The van der Waals surface area contributed by atoms with Gasteiger partial charge in [0.2, 0.25) is 0 Å². The molecule has 4 rings (SSSR count). The fourth-order valence-electron chi connectivity index (χ4n) is 3.64. The number of carbonyl (C=O) groups is 1. The molecule has 1 aliphatic heterocycles. The Bertz CT molecular complexity index is 962. The molecule has 0 N–H and O–H groups in total. The van der Waals surface area contributed by atoms with Crippen LogP contribution in [0.1, 0.15) is 33.9 Å². The molecule has 0 unspecified atom stereocenters. The zero-order valence-electron chi connectivity index (χ0n) is 15.9. The second-order valence-electron chi connectivity index (χ2n) is 7.06. The maximum Gasteiger partial charge on any atom is 0.259 e. The number of hydrogen-bond donors (Lipinski definition) is 0. The lowest BCUT2D eigenvalue weighted by Gasteiger charge is -2.24. The van der Waals surface area contributed by atoms with Crippen LogP contribution in [0.3, 0.4) is 0 Å². The molecule has 0 aromatic carbocycles. The van der Waals surface area contributed by atoms with Crippen LogP contribution in [0, 0.1) is 20.8 Å². The van der Waals surface area contributed by atoms with Crippen molar-refractivity contribution in [2.75, 3.05) is 19.7 Å². The zero-order chi connectivity index (χ0) is 19.0. The van der Waals surface area contributed by atoms with Crippen molar-refractivity contribution in [3.8, 4) is 0 Å². The van der Waals surface area contributed by atoms with E-state index in [1.807, 2.05) is 48.7 Å². The van der Waals surface area contributed by atoms with Crippen LogP contribution in [0.15, 0.2) is 24.5 Å². The Balaban J connectivity index is 1.63. The molecule has 4 heterocycles. The molecule has 1 amide bonds. The molecular formula is C19H24N6O2. The monoisotopic (exact) mass is 368 g/mol. The van der Waals surface area contributed by atoms with Gasteiger partial charge in [-0.25, -0.2) is 9.50 Å². The average molecular weight is 368 g/mol. The molecule has 1 fully saturated rings. The van der Waals surface area contributed by atoms with Gasteiger partial charge in [0, 0.05) is 43.5 Å². The summed E-state index contributed by atoms with van der Waals surface area (Å²) in [5.41, 5.74) is 3.76. The average Bonchev–Trinajstić information content (AvgIpc) is 3.16. The van der Waals surface area contributed by atoms with Gasteiger partial charge in [0.1, 0.15) is 5.56 Å². The molecule has 0 aliphatic carbocycles. The van der Waals surface area contributed by atoms with Crippen LogP contribution in [0.5, 0.6) is 0 Å². The van der Waals surface area contributed by atoms with Gasteiger partial charge in [-0.1, -0.05) is 0 Å². The molecule has 8 heteroatoms. The fraction of sp³-hybridized carbons (Fsp3) is 0.474. The maximum atomic E-state index is 13.4. The summed E-state index contributed by atoms with van der Waals surface area (Å²) in [4.78, 5) is 19.8. The van der Waals surface area contributed by atoms with Crippen molar-refractivity contribution in [3.63, 3.8) is 0 Å². The number of aromatic nitrogens is 5. The number of hydrogen-bond acceptors (Lipinski definition) is 5. The van der Waals surface area contributed by atoms with E-state index in [1.165, 1.54) is 0 Å². The second-order valence-corrected chi connectivity index (χ2v) is 7.06. The molecule has 1 atom stereocenters. The van der Waals surface area contributed by atoms with Crippen LogP contribution >= 0.6 is 0 Å². The smallest absolute Gasteiger partial charge is 0.259 e. The summed E-state index contributed by atoms with van der Waals surface area (Å²) in [6.45, 7) is 8.23. The van der Waals surface area contributed by atoms with Gasteiger partial charge in [0.25, 0.3) is 5.91 Å². The van der Waals surface area contributed by atoms with Gasteiger partial charge in [0.15, 0.2) is 5.65 Å². The highest BCUT2D eigenvalue weighted by atomic mass is 16.5. The molecular weight excluding hydrogens is 344 g/mol. The standard InChI is InChI=1S/C19H24N6O2/c1-13-10-14(2)25-18(21-13)17(15(3)22-25)19(26)23-7-5-9-27-16(11-23)12-24-8-4-6-20-24/h4,6,8,10,16H,5,7,9,11-12H2,1-3H3/t16-/m0/s1. The van der Waals surface area contributed by atoms with E-state index in [4.69, 9.17) is 4.74 Å². The van der Waals surface area contributed by atoms with Gasteiger partial charge in [-0.2, -0.15) is 10.2 Å². The third-order valence-corrected chi connectivity index (χ3v) is 4.87. The normalized spacial score (nSPS) is 18.0. The lowest BCUT2D eigenvalue weighted by atomic mass is 10.2. The molecule has 142 valence electrons. The minimum absolute atomic E-state index is 0.0315. The SMILES string of the molecule is Cc1cc(C)n2nc(C)c(C(=O)N3CCCO[C@H](Cn4cccn4)C3)c2n1. The lowest BCUT2D eigenvalue weighted by Crippen LogP contribution is -2.38. The van der Waals surface area contributed by atoms with Gasteiger partial charge in [0.05, 0.1) is 18.3 Å². The number of amides is 1. The number of rotatable bonds is 3. The number of carbonyl (C=O) groups excluding carboxylic acids is 1. The lowest BCUT2D eigenvalue weighted by molar-refractivity contribution is 0.0367. The minimum atomic E-state index is -0.0880. The van der Waals surface area contributed by atoms with E-state index in [0.29, 0.717) is 43.1 Å². The van der Waals surface area contributed by atoms with E-state index in [1.54, 1.807) is 10.7 Å². The summed E-state index contributed by atoms with van der Waals surface area (Å²) >= 11 is 0. The third-order valence-electron chi connectivity index (χ3n) is 4.87. The largest absolute Gasteiger partial charge is 0.374 e. The zero-order valence-corrected chi connectivity index (χ0v) is 15.9. The van der Waals surface area contributed by atoms with Crippen molar-refractivity contribution in [1.82, 2.24) is 29.3 Å². The van der Waals surface area contributed by atoms with Crippen LogP contribution in [0.2, 0.25) is 0 Å². The summed E-state index contributed by atoms with van der Waals surface area (Å²) in [7, 11) is 0. The van der Waals surface area contributed by atoms with Gasteiger partial charge in [-0.15, -0.1) is 0 Å². The minimum Gasteiger partial charge on any atom is -0.374 e. The Morgan fingerprint density at radius 2 is 2.19 bits per heavy atom. The van der Waals surface area contributed by atoms with Gasteiger partial charge >= 0.3 is 0 Å². The highest BCUT2D eigenvalue weighted by Crippen LogP contribution is 2.20. The Morgan fingerprint density at radius 3 is 2.96 bits per heavy atom. The Hall–Kier alpha value is -2.74. The molecule has 1 aliphatic rings. The quantitative estimate of drug-likeness (QED) is 0.704. The number of aryl methyl sites for hydroxylation is 3. The van der Waals surface area contributed by atoms with E-state index in [9.17, 15) is 4.79 Å². The van der Waals surface area contributed by atoms with Crippen molar-refractivity contribution >= 4 is 11.6 Å². The van der Waals surface area contributed by atoms with Gasteiger partial charge in [-0.05, 0) is 39.3 Å². The second kappa shape index (κ2) is 7.11. The summed E-state index contributed by atoms with van der Waals surface area (Å²) in [5, 5.41) is 8.78. The maximum absolute atomic E-state index is 13.4. The first-order chi connectivity index (χ1) is 13.0. The van der Waals surface area contributed by atoms with Crippen molar-refractivity contribution in [1.29, 1.82) is 0 Å². The molecule has 8 nitrogen and oxygen atoms in total. The highest BCUT2D eigenvalue weighted by Gasteiger charge is 2.28. The van der Waals surface area contributed by atoms with Crippen molar-refractivity contribution < 1.29 is 9.53 Å². The Labute approximate surface area is 157 Å². The topological polar surface area (TPSA) is 77.5 Å². The summed E-state index contributed by atoms with van der Waals surface area (Å²) in [5.74, 6) is -0.0315. The predicted octanol–water partition coefficient (Wildman–Crippen LogP) is 1.78. The first kappa shape index (κ1) is 17.7. The number of fused-ring (bicyclic) bond motifs is 1. The molecule has 1 saturated heterocycles. The fourth-order valence-corrected chi connectivity index (χ4v) is 3.64. The van der Waals surface area contributed by atoms with Gasteiger partial charge < -0.3 is 9.64 Å². The summed E-state index contributed by atoms with van der Waals surface area (Å²) < 4.78 is 9.53. The third kappa shape index (κ3) is 3.44. The van der Waals surface area contributed by atoms with E-state index in [2.05, 4.69) is 15.2 Å². The number of ether oxygens (including phenoxy) is 1. The van der Waals surface area contributed by atoms with Crippen LogP contribution in [0.25, 0.3) is 5.65 Å². The van der Waals surface area contributed by atoms with E-state index < -0.39 is 0 Å². The molecule has 27 heavy (non-hydrogen) atoms. The predicted molar refractivity (Wildman–Crippen MR) is 99.7 cm³/mol. The van der Waals surface area contributed by atoms with Gasteiger partial charge in [-0.3, -0.25) is 9.48 Å². The van der Waals surface area contributed by atoms with Crippen LogP contribution in [-0.2, 0) is 11.3 Å². The number of nitrogens with zero attached hydrogens (tertiary/aromatic N) is 6. The van der Waals surface area contributed by atoms with E-state index >= 15 is 0 Å². The first-order valence-electron chi connectivity index (χ1n) is 9.25. The Morgan fingerprint density at radius 1 is 1.33 bits per heavy atom. The van der Waals surface area contributed by atoms with Crippen LogP contribution in [0.4, 0.5) is 0 Å². The van der Waals surface area contributed by atoms with Crippen molar-refractivity contribution in [3.05, 3.63) is 47.2 Å². The summed E-state index contributed by atoms with van der Waals surface area (Å²) in [6.07, 6.45) is 4.38. The van der Waals surface area contributed by atoms with E-state index in [-0.39, 0.29) is 12.0 Å². The van der Waals surface area contributed by atoms with E-state index in [0.717, 1.165) is 17.8 Å². The summed E-state index contributed by atoms with van der Waals surface area (Å²) in [6, 6.07) is 3.85. The highest BCUT2D eigenvalue weighted by molar-refractivity contribution is 6.01. The van der Waals surface area contributed by atoms with Crippen LogP contribution < -0.4 is 0 Å². The molecule has 0 spiro atoms. The molecule has 0 radical (unpaired) electrons. The Kier molecular flexibility index (Phi) is 4.65. The van der Waals surface area contributed by atoms with Crippen LogP contribution in [-0.4, -0.2) is 61.0 Å².